The van der Waals surface area contributed by atoms with Crippen LogP contribution >= 0.6 is 15.9 Å². The maximum absolute atomic E-state index is 10.7. The standard InChI is InChI=1S/C10H12BrNO3/c1-7(13)10(12(14)15)6-8-3-2-4-9(11)5-8/h2-5,7,10,13H,6H2,1H3. The number of hydrogen-bond donors (Lipinski definition) is 1. The molecule has 0 heterocycles. The Balaban J connectivity index is 2.79. The van der Waals surface area contributed by atoms with Gasteiger partial charge in [0.05, 0.1) is 0 Å². The molecule has 5 heteroatoms. The molecule has 4 nitrogen and oxygen atoms in total. The normalized spacial score (nSPS) is 14.6. The van der Waals surface area contributed by atoms with E-state index < -0.39 is 17.1 Å². The van der Waals surface area contributed by atoms with Gasteiger partial charge in [0, 0.05) is 15.8 Å². The molecule has 0 bridgehead atoms. The van der Waals surface area contributed by atoms with Crippen molar-refractivity contribution in [3.8, 4) is 0 Å². The average Bonchev–Trinajstić information content (AvgIpc) is 2.13. The van der Waals surface area contributed by atoms with Crippen LogP contribution in [0.5, 0.6) is 0 Å². The van der Waals surface area contributed by atoms with Crippen LogP contribution in [0.3, 0.4) is 0 Å². The molecule has 1 aromatic rings. The van der Waals surface area contributed by atoms with Gasteiger partial charge in [-0.15, -0.1) is 0 Å². The summed E-state index contributed by atoms with van der Waals surface area (Å²) in [5.41, 5.74) is 0.840. The Labute approximate surface area is 96.2 Å². The number of aliphatic hydroxyl groups is 1. The van der Waals surface area contributed by atoms with E-state index in [0.29, 0.717) is 0 Å². The fraction of sp³-hybridized carbons (Fsp3) is 0.400. The van der Waals surface area contributed by atoms with Gasteiger partial charge in [0.1, 0.15) is 6.10 Å². The zero-order valence-corrected chi connectivity index (χ0v) is 9.85. The Kier molecular flexibility index (Phi) is 4.23. The van der Waals surface area contributed by atoms with E-state index in [0.717, 1.165) is 10.0 Å². The smallest absolute Gasteiger partial charge is 0.242 e. The molecule has 0 saturated carbocycles. The minimum Gasteiger partial charge on any atom is -0.386 e. The molecule has 2 atom stereocenters. The number of benzene rings is 1. The predicted octanol–water partition coefficient (Wildman–Crippen LogP) is 2.02. The van der Waals surface area contributed by atoms with Gasteiger partial charge in [-0.1, -0.05) is 28.1 Å². The molecule has 0 aliphatic heterocycles. The van der Waals surface area contributed by atoms with Crippen molar-refractivity contribution in [2.75, 3.05) is 0 Å². The summed E-state index contributed by atoms with van der Waals surface area (Å²) in [6.45, 7) is 1.44. The molecule has 82 valence electrons. The number of rotatable bonds is 4. The molecule has 0 aliphatic rings. The molecular weight excluding hydrogens is 262 g/mol. The lowest BCUT2D eigenvalue weighted by Gasteiger charge is -2.12. The summed E-state index contributed by atoms with van der Waals surface area (Å²) in [5.74, 6) is 0. The van der Waals surface area contributed by atoms with Gasteiger partial charge in [-0.25, -0.2) is 0 Å². The van der Waals surface area contributed by atoms with Crippen molar-refractivity contribution in [3.63, 3.8) is 0 Å². The van der Waals surface area contributed by atoms with E-state index in [9.17, 15) is 15.2 Å². The summed E-state index contributed by atoms with van der Waals surface area (Å²) in [7, 11) is 0. The molecule has 0 amide bonds. The zero-order chi connectivity index (χ0) is 11.4. The molecule has 0 saturated heterocycles. The molecule has 2 unspecified atom stereocenters. The maximum atomic E-state index is 10.7. The van der Waals surface area contributed by atoms with Gasteiger partial charge in [-0.3, -0.25) is 10.1 Å². The van der Waals surface area contributed by atoms with E-state index >= 15 is 0 Å². The summed E-state index contributed by atoms with van der Waals surface area (Å²) >= 11 is 3.29. The minimum absolute atomic E-state index is 0.240. The molecule has 15 heavy (non-hydrogen) atoms. The minimum atomic E-state index is -0.945. The Bertz CT molecular complexity index is 354. The highest BCUT2D eigenvalue weighted by atomic mass is 79.9. The predicted molar refractivity (Wildman–Crippen MR) is 60.3 cm³/mol. The Morgan fingerprint density at radius 2 is 2.27 bits per heavy atom. The van der Waals surface area contributed by atoms with Crippen LogP contribution < -0.4 is 0 Å². The topological polar surface area (TPSA) is 63.4 Å². The Hall–Kier alpha value is -0.940. The third-order valence-electron chi connectivity index (χ3n) is 2.16. The average molecular weight is 274 g/mol. The largest absolute Gasteiger partial charge is 0.386 e. The van der Waals surface area contributed by atoms with Gasteiger partial charge in [0.15, 0.2) is 0 Å². The van der Waals surface area contributed by atoms with Crippen molar-refractivity contribution in [2.24, 2.45) is 0 Å². The molecule has 1 rings (SSSR count). The van der Waals surface area contributed by atoms with Gasteiger partial charge in [0.2, 0.25) is 6.04 Å². The first-order valence-corrected chi connectivity index (χ1v) is 5.36. The first-order valence-electron chi connectivity index (χ1n) is 4.56. The van der Waals surface area contributed by atoms with E-state index in [1.807, 2.05) is 24.3 Å². The fourth-order valence-electron chi connectivity index (χ4n) is 1.33. The first kappa shape index (κ1) is 12.1. The second-order valence-corrected chi connectivity index (χ2v) is 4.34. The molecule has 0 aromatic heterocycles. The third-order valence-corrected chi connectivity index (χ3v) is 2.65. The van der Waals surface area contributed by atoms with Crippen LogP contribution in [-0.4, -0.2) is 22.2 Å². The van der Waals surface area contributed by atoms with E-state index in [2.05, 4.69) is 15.9 Å². The van der Waals surface area contributed by atoms with Crippen molar-refractivity contribution in [1.82, 2.24) is 0 Å². The van der Waals surface area contributed by atoms with Gasteiger partial charge in [0.25, 0.3) is 0 Å². The van der Waals surface area contributed by atoms with Crippen molar-refractivity contribution in [2.45, 2.75) is 25.5 Å². The maximum Gasteiger partial charge on any atom is 0.242 e. The van der Waals surface area contributed by atoms with Gasteiger partial charge in [-0.05, 0) is 24.6 Å². The third kappa shape index (κ3) is 3.60. The van der Waals surface area contributed by atoms with Crippen LogP contribution in [-0.2, 0) is 6.42 Å². The number of nitro groups is 1. The monoisotopic (exact) mass is 273 g/mol. The molecule has 0 aliphatic carbocycles. The number of hydrogen-bond acceptors (Lipinski definition) is 3. The van der Waals surface area contributed by atoms with Crippen molar-refractivity contribution < 1.29 is 10.0 Å². The summed E-state index contributed by atoms with van der Waals surface area (Å²) in [4.78, 5) is 10.2. The van der Waals surface area contributed by atoms with Crippen LogP contribution in [0.1, 0.15) is 12.5 Å². The number of nitrogens with zero attached hydrogens (tertiary/aromatic N) is 1. The molecule has 1 aromatic carbocycles. The van der Waals surface area contributed by atoms with Crippen LogP contribution in [0, 0.1) is 10.1 Å². The second-order valence-electron chi connectivity index (χ2n) is 3.43. The van der Waals surface area contributed by atoms with Gasteiger partial charge < -0.3 is 5.11 Å². The van der Waals surface area contributed by atoms with Gasteiger partial charge in [-0.2, -0.15) is 0 Å². The van der Waals surface area contributed by atoms with Crippen molar-refractivity contribution in [1.29, 1.82) is 0 Å². The highest BCUT2D eigenvalue weighted by molar-refractivity contribution is 9.10. The molecule has 0 radical (unpaired) electrons. The number of aliphatic hydroxyl groups excluding tert-OH is 1. The summed E-state index contributed by atoms with van der Waals surface area (Å²) in [6.07, 6.45) is -0.705. The second kappa shape index (κ2) is 5.23. The fourth-order valence-corrected chi connectivity index (χ4v) is 1.77. The van der Waals surface area contributed by atoms with Crippen molar-refractivity contribution in [3.05, 3.63) is 44.4 Å². The van der Waals surface area contributed by atoms with E-state index in [-0.39, 0.29) is 6.42 Å². The lowest BCUT2D eigenvalue weighted by atomic mass is 10.0. The number of halogens is 1. The summed E-state index contributed by atoms with van der Waals surface area (Å²) < 4.78 is 0.882. The SMILES string of the molecule is CC(O)C(Cc1cccc(Br)c1)[N+](=O)[O-]. The van der Waals surface area contributed by atoms with Crippen molar-refractivity contribution >= 4 is 15.9 Å². The van der Waals surface area contributed by atoms with E-state index in [4.69, 9.17) is 0 Å². The highest BCUT2D eigenvalue weighted by Crippen LogP contribution is 2.15. The zero-order valence-electron chi connectivity index (χ0n) is 8.26. The summed E-state index contributed by atoms with van der Waals surface area (Å²) in [6, 6.07) is 6.35. The van der Waals surface area contributed by atoms with Crippen LogP contribution in [0.4, 0.5) is 0 Å². The molecular formula is C10H12BrNO3. The highest BCUT2D eigenvalue weighted by Gasteiger charge is 2.26. The lowest BCUT2D eigenvalue weighted by molar-refractivity contribution is -0.533. The van der Waals surface area contributed by atoms with Crippen LogP contribution in [0.15, 0.2) is 28.7 Å². The Morgan fingerprint density at radius 1 is 1.60 bits per heavy atom. The first-order chi connectivity index (χ1) is 7.00. The lowest BCUT2D eigenvalue weighted by Crippen LogP contribution is -2.33. The molecule has 1 N–H and O–H groups in total. The molecule has 0 spiro atoms. The summed E-state index contributed by atoms with van der Waals surface area (Å²) in [5, 5.41) is 19.9. The molecule has 0 fully saturated rings. The van der Waals surface area contributed by atoms with Crippen LogP contribution in [0.2, 0.25) is 0 Å². The van der Waals surface area contributed by atoms with Gasteiger partial charge >= 0.3 is 0 Å². The van der Waals surface area contributed by atoms with Crippen LogP contribution in [0.25, 0.3) is 0 Å². The quantitative estimate of drug-likeness (QED) is 0.674. The Morgan fingerprint density at radius 3 is 2.73 bits per heavy atom. The van der Waals surface area contributed by atoms with E-state index in [1.54, 1.807) is 0 Å². The van der Waals surface area contributed by atoms with E-state index in [1.165, 1.54) is 6.92 Å².